The molecule has 0 N–H and O–H groups in total. The second-order valence-corrected chi connectivity index (χ2v) is 10.6. The smallest absolute Gasteiger partial charge is 0.324 e. The van der Waals surface area contributed by atoms with Gasteiger partial charge in [-0.15, -0.1) is 0 Å². The van der Waals surface area contributed by atoms with Gasteiger partial charge in [-0.3, -0.25) is 9.59 Å². The Kier molecular flexibility index (Phi) is 8.54. The number of benzene rings is 2. The van der Waals surface area contributed by atoms with Gasteiger partial charge < -0.3 is 33.2 Å². The van der Waals surface area contributed by atoms with Crippen molar-refractivity contribution in [2.45, 2.75) is 46.9 Å². The predicted molar refractivity (Wildman–Crippen MR) is 136 cm³/mol. The van der Waals surface area contributed by atoms with Crippen molar-refractivity contribution in [1.29, 1.82) is 0 Å². The molecule has 0 radical (unpaired) electrons. The molecular weight excluding hydrogens is 492 g/mol. The molecule has 2 aliphatic heterocycles. The molecule has 2 heterocycles. The molecule has 206 valence electrons. The van der Waals surface area contributed by atoms with Gasteiger partial charge in [-0.25, -0.2) is 0 Å². The van der Waals surface area contributed by atoms with E-state index in [1.54, 1.807) is 28.1 Å². The summed E-state index contributed by atoms with van der Waals surface area (Å²) in [5, 5.41) is 0. The minimum Gasteiger partial charge on any atom is -0.496 e. The summed E-state index contributed by atoms with van der Waals surface area (Å²) < 4.78 is 39.2. The quantitative estimate of drug-likeness (QED) is 0.384. The first-order chi connectivity index (χ1) is 18.1. The van der Waals surface area contributed by atoms with Crippen LogP contribution in [0.25, 0.3) is 0 Å². The maximum atomic E-state index is 13.0. The Labute approximate surface area is 223 Å². The van der Waals surface area contributed by atoms with E-state index in [0.29, 0.717) is 6.61 Å². The lowest BCUT2D eigenvalue weighted by atomic mass is 9.90. The van der Waals surface area contributed by atoms with E-state index in [-0.39, 0.29) is 26.4 Å². The van der Waals surface area contributed by atoms with E-state index in [9.17, 15) is 9.59 Å². The van der Waals surface area contributed by atoms with E-state index in [1.165, 1.54) is 0 Å². The summed E-state index contributed by atoms with van der Waals surface area (Å²) in [4.78, 5) is 26.0. The highest BCUT2D eigenvalue weighted by Gasteiger charge is 2.47. The molecule has 2 aromatic rings. The van der Waals surface area contributed by atoms with Crippen molar-refractivity contribution in [2.24, 2.45) is 10.8 Å². The molecule has 0 aliphatic carbocycles. The van der Waals surface area contributed by atoms with Gasteiger partial charge >= 0.3 is 11.9 Å². The van der Waals surface area contributed by atoms with Gasteiger partial charge in [0.25, 0.3) is 0 Å². The Hall–Kier alpha value is -2.82. The van der Waals surface area contributed by atoms with Crippen molar-refractivity contribution in [3.63, 3.8) is 0 Å². The van der Waals surface area contributed by atoms with Crippen LogP contribution in [0.4, 0.5) is 0 Å². The molecule has 2 fully saturated rings. The number of hydrogen-bond donors (Lipinski definition) is 0. The highest BCUT2D eigenvalue weighted by molar-refractivity contribution is 5.91. The fourth-order valence-corrected chi connectivity index (χ4v) is 4.40. The molecule has 4 rings (SSSR count). The van der Waals surface area contributed by atoms with Gasteiger partial charge in [0, 0.05) is 18.2 Å². The third-order valence-electron chi connectivity index (χ3n) is 7.01. The summed E-state index contributed by atoms with van der Waals surface area (Å²) in [7, 11) is 3.27. The number of rotatable bonds is 7. The number of hydrogen-bond acceptors (Lipinski definition) is 9. The van der Waals surface area contributed by atoms with Crippen LogP contribution in [-0.4, -0.2) is 52.6 Å². The first-order valence-electron chi connectivity index (χ1n) is 12.5. The molecular formula is C29H36O9. The molecule has 0 unspecified atom stereocenters. The van der Waals surface area contributed by atoms with Crippen LogP contribution in [0, 0.1) is 24.7 Å². The molecule has 2 aromatic carbocycles. The van der Waals surface area contributed by atoms with Crippen LogP contribution < -0.4 is 4.74 Å². The monoisotopic (exact) mass is 528 g/mol. The summed E-state index contributed by atoms with van der Waals surface area (Å²) in [5.74, 6) is -0.650. The van der Waals surface area contributed by atoms with E-state index in [2.05, 4.69) is 0 Å². The topological polar surface area (TPSA) is 98.8 Å². The Bertz CT molecular complexity index is 1160. The standard InChI is InChI=1S/C29H36O9/c1-18-11-20(7-8-22(18)13-32-5)24-34-14-28(3,15-35-24)26(30)38-27(31)29(4)16-36-25(37-17-29)21-9-10-23(33-6)19(2)12-21/h7-12,24-25H,13-17H2,1-6H3. The Morgan fingerprint density at radius 2 is 1.26 bits per heavy atom. The number of ether oxygens (including phenoxy) is 7. The van der Waals surface area contributed by atoms with Gasteiger partial charge in [0.15, 0.2) is 12.6 Å². The molecule has 0 aromatic heterocycles. The van der Waals surface area contributed by atoms with Crippen molar-refractivity contribution in [3.8, 4) is 5.75 Å². The molecule has 0 saturated carbocycles. The van der Waals surface area contributed by atoms with Crippen LogP contribution in [0.5, 0.6) is 5.75 Å². The van der Waals surface area contributed by atoms with E-state index in [4.69, 9.17) is 33.2 Å². The van der Waals surface area contributed by atoms with E-state index >= 15 is 0 Å². The first-order valence-corrected chi connectivity index (χ1v) is 12.5. The van der Waals surface area contributed by atoms with Crippen LogP contribution >= 0.6 is 0 Å². The highest BCUT2D eigenvalue weighted by Crippen LogP contribution is 2.37. The molecule has 0 amide bonds. The molecule has 2 saturated heterocycles. The molecule has 38 heavy (non-hydrogen) atoms. The van der Waals surface area contributed by atoms with Crippen molar-refractivity contribution < 1.29 is 42.7 Å². The molecule has 9 heteroatoms. The highest BCUT2D eigenvalue weighted by atomic mass is 16.7. The molecule has 2 aliphatic rings. The van der Waals surface area contributed by atoms with E-state index < -0.39 is 35.3 Å². The second kappa shape index (κ2) is 11.5. The number of esters is 2. The Morgan fingerprint density at radius 1 is 0.789 bits per heavy atom. The largest absolute Gasteiger partial charge is 0.496 e. The van der Waals surface area contributed by atoms with Crippen LogP contribution in [-0.2, 0) is 44.6 Å². The Balaban J connectivity index is 1.31. The molecule has 0 bridgehead atoms. The minimum atomic E-state index is -1.13. The summed E-state index contributed by atoms with van der Waals surface area (Å²) in [6, 6.07) is 11.5. The lowest BCUT2D eigenvalue weighted by Crippen LogP contribution is -2.48. The van der Waals surface area contributed by atoms with Crippen molar-refractivity contribution in [1.82, 2.24) is 0 Å². The number of carbonyl (C=O) groups is 2. The van der Waals surface area contributed by atoms with Crippen LogP contribution in [0.1, 0.15) is 54.2 Å². The van der Waals surface area contributed by atoms with Gasteiger partial charge in [-0.05, 0) is 56.5 Å². The first kappa shape index (κ1) is 28.2. The Morgan fingerprint density at radius 3 is 1.68 bits per heavy atom. The maximum absolute atomic E-state index is 13.0. The van der Waals surface area contributed by atoms with Crippen LogP contribution in [0.2, 0.25) is 0 Å². The SMILES string of the molecule is COCc1ccc(C2OCC(C)(C(=O)OC(=O)C3(C)COC(c4ccc(OC)c(C)c4)OC3)CO2)cc1C. The van der Waals surface area contributed by atoms with Crippen LogP contribution in [0.15, 0.2) is 36.4 Å². The average molecular weight is 529 g/mol. The fourth-order valence-electron chi connectivity index (χ4n) is 4.40. The van der Waals surface area contributed by atoms with Crippen molar-refractivity contribution in [3.05, 3.63) is 64.2 Å². The summed E-state index contributed by atoms with van der Waals surface area (Å²) in [6.07, 6.45) is -1.24. The fraction of sp³-hybridized carbons (Fsp3) is 0.517. The summed E-state index contributed by atoms with van der Waals surface area (Å²) >= 11 is 0. The number of aryl methyl sites for hydroxylation is 2. The summed E-state index contributed by atoms with van der Waals surface area (Å²) in [5.41, 5.74) is 2.48. The predicted octanol–water partition coefficient (Wildman–Crippen LogP) is 4.33. The summed E-state index contributed by atoms with van der Waals surface area (Å²) in [6.45, 7) is 7.93. The van der Waals surface area contributed by atoms with Gasteiger partial charge in [0.1, 0.15) is 16.6 Å². The lowest BCUT2D eigenvalue weighted by Gasteiger charge is -2.38. The van der Waals surface area contributed by atoms with Crippen LogP contribution in [0.3, 0.4) is 0 Å². The lowest BCUT2D eigenvalue weighted by molar-refractivity contribution is -0.245. The van der Waals surface area contributed by atoms with Gasteiger partial charge in [-0.1, -0.05) is 24.3 Å². The van der Waals surface area contributed by atoms with Gasteiger partial charge in [0.2, 0.25) is 0 Å². The number of methoxy groups -OCH3 is 2. The third-order valence-corrected chi connectivity index (χ3v) is 7.01. The number of carbonyl (C=O) groups excluding carboxylic acids is 2. The minimum absolute atomic E-state index is 0.0407. The average Bonchev–Trinajstić information content (AvgIpc) is 2.90. The zero-order valence-electron chi connectivity index (χ0n) is 22.8. The van der Waals surface area contributed by atoms with Gasteiger partial charge in [-0.2, -0.15) is 0 Å². The van der Waals surface area contributed by atoms with E-state index in [1.807, 2.05) is 50.2 Å². The third kappa shape index (κ3) is 5.92. The van der Waals surface area contributed by atoms with Gasteiger partial charge in [0.05, 0.1) is 40.1 Å². The molecule has 0 atom stereocenters. The van der Waals surface area contributed by atoms with E-state index in [0.717, 1.165) is 33.6 Å². The molecule has 0 spiro atoms. The van der Waals surface area contributed by atoms with Crippen molar-refractivity contribution in [2.75, 3.05) is 40.6 Å². The van der Waals surface area contributed by atoms with Crippen molar-refractivity contribution >= 4 is 11.9 Å². The normalized spacial score (nSPS) is 27.5. The maximum Gasteiger partial charge on any atom is 0.324 e. The molecule has 9 nitrogen and oxygen atoms in total. The zero-order valence-corrected chi connectivity index (χ0v) is 22.8. The zero-order chi connectivity index (χ0) is 27.5. The second-order valence-electron chi connectivity index (χ2n) is 10.6.